The Hall–Kier alpha value is -3.10. The molecule has 1 saturated heterocycles. The summed E-state index contributed by atoms with van der Waals surface area (Å²) < 4.78 is 0. The molecule has 1 aliphatic rings. The van der Waals surface area contributed by atoms with Crippen molar-refractivity contribution < 1.29 is 19.8 Å². The Labute approximate surface area is 177 Å². The summed E-state index contributed by atoms with van der Waals surface area (Å²) in [7, 11) is 0. The van der Waals surface area contributed by atoms with Crippen LogP contribution in [0.25, 0.3) is 10.9 Å². The number of nitrogens with zero attached hydrogens (tertiary/aromatic N) is 3. The number of benzene rings is 1. The van der Waals surface area contributed by atoms with Gasteiger partial charge in [-0.25, -0.2) is 0 Å². The van der Waals surface area contributed by atoms with Gasteiger partial charge in [0, 0.05) is 44.0 Å². The summed E-state index contributed by atoms with van der Waals surface area (Å²) in [5.41, 5.74) is 1.56. The maximum Gasteiger partial charge on any atom is 0.256 e. The number of hydrogen-bond acceptors (Lipinski definition) is 5. The van der Waals surface area contributed by atoms with Gasteiger partial charge in [-0.3, -0.25) is 14.6 Å². The number of H-pyrrole nitrogens is 1. The SMILES string of the molecule is O=C(c1cncc2[nH]ccc12)N1CCN(C(=O)c2ccc(O)cc2Cl)C(CCO)C1. The van der Waals surface area contributed by atoms with Gasteiger partial charge < -0.3 is 25.0 Å². The summed E-state index contributed by atoms with van der Waals surface area (Å²) >= 11 is 6.14. The fourth-order valence-corrected chi connectivity index (χ4v) is 4.11. The van der Waals surface area contributed by atoms with Gasteiger partial charge >= 0.3 is 0 Å². The Kier molecular flexibility index (Phi) is 5.61. The van der Waals surface area contributed by atoms with Crippen molar-refractivity contribution in [2.24, 2.45) is 0 Å². The van der Waals surface area contributed by atoms with Crippen molar-refractivity contribution >= 4 is 34.3 Å². The molecule has 1 fully saturated rings. The van der Waals surface area contributed by atoms with Crippen LogP contribution in [0, 0.1) is 0 Å². The lowest BCUT2D eigenvalue weighted by Crippen LogP contribution is -2.56. The first kappa shape index (κ1) is 20.2. The molecule has 9 heteroatoms. The lowest BCUT2D eigenvalue weighted by molar-refractivity contribution is 0.0342. The standard InChI is InChI=1S/C21H21ClN4O4/c22-18-9-14(28)1-2-16(18)21(30)26-7-6-25(12-13(26)4-8-27)20(29)17-10-23-11-19-15(17)3-5-24-19/h1-3,5,9-11,13,24,27-28H,4,6-8,12H2. The Balaban J connectivity index is 1.56. The van der Waals surface area contributed by atoms with Crippen LogP contribution in [0.5, 0.6) is 5.75 Å². The fourth-order valence-electron chi connectivity index (χ4n) is 3.86. The van der Waals surface area contributed by atoms with Crippen molar-refractivity contribution in [1.82, 2.24) is 19.8 Å². The Morgan fingerprint density at radius 3 is 2.77 bits per heavy atom. The quantitative estimate of drug-likeness (QED) is 0.590. The Bertz CT molecular complexity index is 1100. The molecule has 2 amide bonds. The number of pyridine rings is 1. The highest BCUT2D eigenvalue weighted by atomic mass is 35.5. The molecule has 0 bridgehead atoms. The van der Waals surface area contributed by atoms with Gasteiger partial charge in [0.05, 0.1) is 33.9 Å². The third kappa shape index (κ3) is 3.71. The van der Waals surface area contributed by atoms with Crippen LogP contribution >= 0.6 is 11.6 Å². The molecule has 0 radical (unpaired) electrons. The highest BCUT2D eigenvalue weighted by molar-refractivity contribution is 6.34. The predicted octanol–water partition coefficient (Wildman–Crippen LogP) is 2.27. The largest absolute Gasteiger partial charge is 0.508 e. The molecule has 1 atom stereocenters. The minimum atomic E-state index is -0.358. The zero-order valence-corrected chi connectivity index (χ0v) is 16.8. The van der Waals surface area contributed by atoms with E-state index < -0.39 is 0 Å². The van der Waals surface area contributed by atoms with Crippen molar-refractivity contribution in [1.29, 1.82) is 0 Å². The van der Waals surface area contributed by atoms with Gasteiger partial charge in [-0.1, -0.05) is 11.6 Å². The number of aromatic hydroxyl groups is 1. The van der Waals surface area contributed by atoms with Crippen LogP contribution in [0.4, 0.5) is 0 Å². The van der Waals surface area contributed by atoms with E-state index in [0.717, 1.165) is 10.9 Å². The molecule has 2 aromatic heterocycles. The molecule has 1 aromatic carbocycles. The van der Waals surface area contributed by atoms with E-state index in [-0.39, 0.29) is 40.8 Å². The van der Waals surface area contributed by atoms with Gasteiger partial charge in [-0.05, 0) is 30.7 Å². The number of aliphatic hydroxyl groups excluding tert-OH is 1. The number of piperazine rings is 1. The first-order valence-corrected chi connectivity index (χ1v) is 9.98. The molecule has 0 saturated carbocycles. The number of hydrogen-bond donors (Lipinski definition) is 3. The average Bonchev–Trinajstić information content (AvgIpc) is 3.22. The van der Waals surface area contributed by atoms with E-state index in [4.69, 9.17) is 11.6 Å². The molecule has 0 aliphatic carbocycles. The van der Waals surface area contributed by atoms with Crippen molar-refractivity contribution in [2.75, 3.05) is 26.2 Å². The molecule has 3 heterocycles. The average molecular weight is 429 g/mol. The normalized spacial score (nSPS) is 16.8. The van der Waals surface area contributed by atoms with Crippen LogP contribution in [0.1, 0.15) is 27.1 Å². The third-order valence-electron chi connectivity index (χ3n) is 5.38. The lowest BCUT2D eigenvalue weighted by Gasteiger charge is -2.41. The summed E-state index contributed by atoms with van der Waals surface area (Å²) in [6.07, 6.45) is 5.31. The van der Waals surface area contributed by atoms with E-state index in [2.05, 4.69) is 9.97 Å². The van der Waals surface area contributed by atoms with Gasteiger partial charge in [0.1, 0.15) is 5.75 Å². The van der Waals surface area contributed by atoms with Crippen molar-refractivity contribution in [3.63, 3.8) is 0 Å². The number of phenolic OH excluding ortho intramolecular Hbond substituents is 1. The molecule has 8 nitrogen and oxygen atoms in total. The minimum absolute atomic E-state index is 0.0218. The van der Waals surface area contributed by atoms with Crippen LogP contribution in [-0.4, -0.2) is 74.1 Å². The summed E-state index contributed by atoms with van der Waals surface area (Å²) in [4.78, 5) is 36.7. The zero-order chi connectivity index (χ0) is 21.3. The van der Waals surface area contributed by atoms with E-state index in [1.807, 2.05) is 6.07 Å². The predicted molar refractivity (Wildman–Crippen MR) is 112 cm³/mol. The van der Waals surface area contributed by atoms with Crippen LogP contribution in [-0.2, 0) is 0 Å². The van der Waals surface area contributed by atoms with E-state index in [9.17, 15) is 19.8 Å². The van der Waals surface area contributed by atoms with Crippen molar-refractivity contribution in [3.05, 3.63) is 59.0 Å². The molecule has 1 unspecified atom stereocenters. The molecule has 4 rings (SSSR count). The minimum Gasteiger partial charge on any atom is -0.508 e. The van der Waals surface area contributed by atoms with Gasteiger partial charge in [0.25, 0.3) is 11.8 Å². The summed E-state index contributed by atoms with van der Waals surface area (Å²) in [6, 6.07) is 5.68. The van der Waals surface area contributed by atoms with E-state index in [0.29, 0.717) is 31.6 Å². The van der Waals surface area contributed by atoms with Crippen LogP contribution < -0.4 is 0 Å². The molecule has 3 N–H and O–H groups in total. The van der Waals surface area contributed by atoms with Crippen LogP contribution in [0.15, 0.2) is 42.9 Å². The molecule has 156 valence electrons. The molecule has 3 aromatic rings. The topological polar surface area (TPSA) is 110 Å². The first-order chi connectivity index (χ1) is 14.5. The molecule has 30 heavy (non-hydrogen) atoms. The van der Waals surface area contributed by atoms with Gasteiger partial charge in [-0.2, -0.15) is 0 Å². The smallest absolute Gasteiger partial charge is 0.256 e. The van der Waals surface area contributed by atoms with Crippen LogP contribution in [0.3, 0.4) is 0 Å². The van der Waals surface area contributed by atoms with Gasteiger partial charge in [0.2, 0.25) is 0 Å². The molecule has 0 spiro atoms. The van der Waals surface area contributed by atoms with E-state index >= 15 is 0 Å². The van der Waals surface area contributed by atoms with E-state index in [1.54, 1.807) is 28.4 Å². The number of phenols is 1. The number of halogens is 1. The maximum atomic E-state index is 13.2. The second-order valence-corrected chi connectivity index (χ2v) is 7.61. The van der Waals surface area contributed by atoms with E-state index in [1.165, 1.54) is 18.2 Å². The van der Waals surface area contributed by atoms with Crippen LogP contribution in [0.2, 0.25) is 5.02 Å². The number of aromatic amines is 1. The van der Waals surface area contributed by atoms with Crippen molar-refractivity contribution in [3.8, 4) is 5.75 Å². The second kappa shape index (κ2) is 8.33. The number of rotatable bonds is 4. The number of fused-ring (bicyclic) bond motifs is 1. The number of aromatic nitrogens is 2. The second-order valence-electron chi connectivity index (χ2n) is 7.21. The number of carbonyl (C=O) groups is 2. The number of aliphatic hydroxyl groups is 1. The highest BCUT2D eigenvalue weighted by Crippen LogP contribution is 2.26. The summed E-state index contributed by atoms with van der Waals surface area (Å²) in [5.74, 6) is -0.475. The third-order valence-corrected chi connectivity index (χ3v) is 5.70. The molecular weight excluding hydrogens is 408 g/mol. The van der Waals surface area contributed by atoms with Crippen molar-refractivity contribution in [2.45, 2.75) is 12.5 Å². The molecular formula is C21H21ClN4O4. The Morgan fingerprint density at radius 1 is 1.17 bits per heavy atom. The summed E-state index contributed by atoms with van der Waals surface area (Å²) in [5, 5.41) is 20.0. The maximum absolute atomic E-state index is 13.2. The Morgan fingerprint density at radius 2 is 2.00 bits per heavy atom. The summed E-state index contributed by atoms with van der Waals surface area (Å²) in [6.45, 7) is 0.836. The zero-order valence-electron chi connectivity index (χ0n) is 16.1. The number of carbonyl (C=O) groups excluding carboxylic acids is 2. The number of amides is 2. The van der Waals surface area contributed by atoms with Gasteiger partial charge in [0.15, 0.2) is 0 Å². The number of nitrogens with one attached hydrogen (secondary N) is 1. The monoisotopic (exact) mass is 428 g/mol. The first-order valence-electron chi connectivity index (χ1n) is 9.60. The molecule has 1 aliphatic heterocycles. The van der Waals surface area contributed by atoms with Gasteiger partial charge in [-0.15, -0.1) is 0 Å². The fraction of sp³-hybridized carbons (Fsp3) is 0.286. The highest BCUT2D eigenvalue weighted by Gasteiger charge is 2.34. The lowest BCUT2D eigenvalue weighted by atomic mass is 10.0.